The lowest BCUT2D eigenvalue weighted by Crippen LogP contribution is -2.38. The third-order valence-corrected chi connectivity index (χ3v) is 2.41. The molecule has 0 radical (unpaired) electrons. The second kappa shape index (κ2) is 6.09. The second-order valence-corrected chi connectivity index (χ2v) is 3.68. The van der Waals surface area contributed by atoms with E-state index in [9.17, 15) is 14.4 Å². The zero-order valence-electron chi connectivity index (χ0n) is 9.25. The number of carbonyl (C=O) groups is 3. The van der Waals surface area contributed by atoms with Gasteiger partial charge in [0.1, 0.15) is 0 Å². The summed E-state index contributed by atoms with van der Waals surface area (Å²) in [6, 6.07) is 0.0228. The normalized spacial score (nSPS) is 19.1. The minimum Gasteiger partial charge on any atom is -0.469 e. The minimum atomic E-state index is -0.399. The molecular formula is C10H16N2O4. The number of amides is 2. The van der Waals surface area contributed by atoms with E-state index in [1.54, 1.807) is 0 Å². The van der Waals surface area contributed by atoms with Crippen molar-refractivity contribution in [2.45, 2.75) is 31.7 Å². The first-order chi connectivity index (χ1) is 7.61. The average molecular weight is 228 g/mol. The van der Waals surface area contributed by atoms with Gasteiger partial charge in [0.25, 0.3) is 0 Å². The highest BCUT2D eigenvalue weighted by Gasteiger charge is 2.20. The maximum atomic E-state index is 11.3. The summed E-state index contributed by atoms with van der Waals surface area (Å²) in [5.41, 5.74) is 0. The summed E-state index contributed by atoms with van der Waals surface area (Å²) >= 11 is 0. The van der Waals surface area contributed by atoms with Crippen LogP contribution in [0.3, 0.4) is 0 Å². The van der Waals surface area contributed by atoms with Crippen molar-refractivity contribution < 1.29 is 19.1 Å². The summed E-state index contributed by atoms with van der Waals surface area (Å²) in [5, 5.41) is 5.40. The van der Waals surface area contributed by atoms with E-state index < -0.39 is 5.97 Å². The van der Waals surface area contributed by atoms with Crippen molar-refractivity contribution in [1.82, 2.24) is 10.6 Å². The van der Waals surface area contributed by atoms with E-state index in [4.69, 9.17) is 0 Å². The zero-order valence-corrected chi connectivity index (χ0v) is 9.25. The zero-order chi connectivity index (χ0) is 12.0. The average Bonchev–Trinajstić information content (AvgIpc) is 2.69. The first-order valence-electron chi connectivity index (χ1n) is 5.24. The van der Waals surface area contributed by atoms with Crippen molar-refractivity contribution in [2.75, 3.05) is 13.7 Å². The Kier molecular flexibility index (Phi) is 4.75. The van der Waals surface area contributed by atoms with Crippen LogP contribution in [0.5, 0.6) is 0 Å². The van der Waals surface area contributed by atoms with Crippen molar-refractivity contribution in [2.24, 2.45) is 0 Å². The Labute approximate surface area is 93.7 Å². The summed E-state index contributed by atoms with van der Waals surface area (Å²) in [6.07, 6.45) is 1.46. The van der Waals surface area contributed by atoms with Crippen molar-refractivity contribution in [3.63, 3.8) is 0 Å². The molecule has 0 aromatic heterocycles. The third-order valence-electron chi connectivity index (χ3n) is 2.41. The van der Waals surface area contributed by atoms with E-state index in [2.05, 4.69) is 15.4 Å². The molecule has 1 saturated heterocycles. The second-order valence-electron chi connectivity index (χ2n) is 3.68. The van der Waals surface area contributed by atoms with Crippen LogP contribution in [0.1, 0.15) is 25.7 Å². The summed E-state index contributed by atoms with van der Waals surface area (Å²) in [6.45, 7) is 0.422. The van der Waals surface area contributed by atoms with Gasteiger partial charge in [-0.15, -0.1) is 0 Å². The molecule has 0 saturated carbocycles. The minimum absolute atomic E-state index is 0.0220. The van der Waals surface area contributed by atoms with E-state index in [0.29, 0.717) is 13.0 Å². The SMILES string of the molecule is COC(=O)CCC(=O)NCC1CCC(=O)N1. The predicted molar refractivity (Wildman–Crippen MR) is 55.4 cm³/mol. The molecule has 1 heterocycles. The number of rotatable bonds is 5. The van der Waals surface area contributed by atoms with Crippen LogP contribution >= 0.6 is 0 Å². The molecule has 1 fully saturated rings. The molecule has 1 aliphatic heterocycles. The Balaban J connectivity index is 2.10. The van der Waals surface area contributed by atoms with Crippen LogP contribution in [0.2, 0.25) is 0 Å². The highest BCUT2D eigenvalue weighted by atomic mass is 16.5. The summed E-state index contributed by atoms with van der Waals surface area (Å²) in [4.78, 5) is 32.9. The molecular weight excluding hydrogens is 212 g/mol. The number of ether oxygens (including phenoxy) is 1. The topological polar surface area (TPSA) is 84.5 Å². The van der Waals surface area contributed by atoms with Gasteiger partial charge in [-0.3, -0.25) is 14.4 Å². The first-order valence-corrected chi connectivity index (χ1v) is 5.24. The quantitative estimate of drug-likeness (QED) is 0.611. The monoisotopic (exact) mass is 228 g/mol. The van der Waals surface area contributed by atoms with Gasteiger partial charge in [0, 0.05) is 25.4 Å². The largest absolute Gasteiger partial charge is 0.469 e. The molecule has 0 aromatic carbocycles. The molecule has 0 aliphatic carbocycles. The van der Waals surface area contributed by atoms with Gasteiger partial charge in [0.15, 0.2) is 0 Å². The Bertz CT molecular complexity index is 291. The summed E-state index contributed by atoms with van der Waals surface area (Å²) in [5.74, 6) is -0.579. The van der Waals surface area contributed by atoms with Gasteiger partial charge in [-0.25, -0.2) is 0 Å². The number of esters is 1. The van der Waals surface area contributed by atoms with E-state index in [0.717, 1.165) is 6.42 Å². The standard InChI is InChI=1S/C10H16N2O4/c1-16-10(15)5-4-8(13)11-6-7-2-3-9(14)12-7/h7H,2-6H2,1H3,(H,11,13)(H,12,14). The van der Waals surface area contributed by atoms with Crippen molar-refractivity contribution in [3.8, 4) is 0 Å². The molecule has 16 heavy (non-hydrogen) atoms. The van der Waals surface area contributed by atoms with Gasteiger partial charge >= 0.3 is 5.97 Å². The molecule has 0 bridgehead atoms. The third kappa shape index (κ3) is 4.29. The van der Waals surface area contributed by atoms with Crippen molar-refractivity contribution in [1.29, 1.82) is 0 Å². The number of carbonyl (C=O) groups excluding carboxylic acids is 3. The molecule has 2 amide bonds. The lowest BCUT2D eigenvalue weighted by molar-refractivity contribution is -0.142. The van der Waals surface area contributed by atoms with E-state index in [-0.39, 0.29) is 30.7 Å². The molecule has 1 unspecified atom stereocenters. The van der Waals surface area contributed by atoms with Crippen LogP contribution in [0.4, 0.5) is 0 Å². The Morgan fingerprint density at radius 3 is 2.81 bits per heavy atom. The fraction of sp³-hybridized carbons (Fsp3) is 0.700. The fourth-order valence-electron chi connectivity index (χ4n) is 1.47. The van der Waals surface area contributed by atoms with Crippen LogP contribution in [0.25, 0.3) is 0 Å². The van der Waals surface area contributed by atoms with Gasteiger partial charge in [-0.2, -0.15) is 0 Å². The van der Waals surface area contributed by atoms with Crippen LogP contribution in [0.15, 0.2) is 0 Å². The van der Waals surface area contributed by atoms with Crippen LogP contribution in [0, 0.1) is 0 Å². The molecule has 1 rings (SSSR count). The van der Waals surface area contributed by atoms with Gasteiger partial charge in [0.2, 0.25) is 11.8 Å². The maximum Gasteiger partial charge on any atom is 0.306 e. The van der Waals surface area contributed by atoms with Crippen LogP contribution < -0.4 is 10.6 Å². The Morgan fingerprint density at radius 2 is 2.25 bits per heavy atom. The van der Waals surface area contributed by atoms with Gasteiger partial charge in [0.05, 0.1) is 13.5 Å². The lowest BCUT2D eigenvalue weighted by Gasteiger charge is -2.10. The van der Waals surface area contributed by atoms with E-state index in [1.807, 2.05) is 0 Å². The Morgan fingerprint density at radius 1 is 1.50 bits per heavy atom. The molecule has 90 valence electrons. The summed E-state index contributed by atoms with van der Waals surface area (Å²) < 4.78 is 4.42. The number of methoxy groups -OCH3 is 1. The smallest absolute Gasteiger partial charge is 0.306 e. The Hall–Kier alpha value is -1.59. The van der Waals surface area contributed by atoms with E-state index in [1.165, 1.54) is 7.11 Å². The molecule has 1 atom stereocenters. The van der Waals surface area contributed by atoms with Crippen LogP contribution in [-0.2, 0) is 19.1 Å². The first kappa shape index (κ1) is 12.5. The lowest BCUT2D eigenvalue weighted by atomic mass is 10.2. The van der Waals surface area contributed by atoms with Crippen LogP contribution in [-0.4, -0.2) is 37.5 Å². The van der Waals surface area contributed by atoms with Gasteiger partial charge < -0.3 is 15.4 Å². The summed E-state index contributed by atoms with van der Waals surface area (Å²) in [7, 11) is 1.29. The molecule has 6 nitrogen and oxygen atoms in total. The molecule has 0 aromatic rings. The highest BCUT2D eigenvalue weighted by molar-refractivity contribution is 5.81. The van der Waals surface area contributed by atoms with E-state index >= 15 is 0 Å². The number of nitrogens with one attached hydrogen (secondary N) is 2. The molecule has 6 heteroatoms. The predicted octanol–water partition coefficient (Wildman–Crippen LogP) is -0.666. The fourth-order valence-corrected chi connectivity index (χ4v) is 1.47. The van der Waals surface area contributed by atoms with Crippen molar-refractivity contribution in [3.05, 3.63) is 0 Å². The number of hydrogen-bond donors (Lipinski definition) is 2. The molecule has 1 aliphatic rings. The van der Waals surface area contributed by atoms with Crippen molar-refractivity contribution >= 4 is 17.8 Å². The van der Waals surface area contributed by atoms with Gasteiger partial charge in [-0.05, 0) is 6.42 Å². The maximum absolute atomic E-state index is 11.3. The molecule has 0 spiro atoms. The highest BCUT2D eigenvalue weighted by Crippen LogP contribution is 2.05. The van der Waals surface area contributed by atoms with Gasteiger partial charge in [-0.1, -0.05) is 0 Å². The number of hydrogen-bond acceptors (Lipinski definition) is 4. The molecule has 2 N–H and O–H groups in total.